The summed E-state index contributed by atoms with van der Waals surface area (Å²) in [6.45, 7) is 9.98. The first-order valence-corrected chi connectivity index (χ1v) is 13.6. The Kier molecular flexibility index (Phi) is 7.27. The molecule has 5 rings (SSSR count). The molecule has 0 radical (unpaired) electrons. The zero-order chi connectivity index (χ0) is 26.9. The Labute approximate surface area is 230 Å². The molecule has 1 aromatic carbocycles. The van der Waals surface area contributed by atoms with E-state index in [-0.39, 0.29) is 6.09 Å². The summed E-state index contributed by atoms with van der Waals surface area (Å²) in [7, 11) is 0. The van der Waals surface area contributed by atoms with Gasteiger partial charge in [0.25, 0.3) is 0 Å². The van der Waals surface area contributed by atoms with Crippen molar-refractivity contribution in [2.75, 3.05) is 36.4 Å². The average molecular weight is 552 g/mol. The molecule has 0 bridgehead atoms. The monoisotopic (exact) mass is 551 g/mol. The van der Waals surface area contributed by atoms with Gasteiger partial charge in [-0.3, -0.25) is 0 Å². The minimum Gasteiger partial charge on any atom is -0.444 e. The molecule has 4 aromatic rings. The smallest absolute Gasteiger partial charge is 0.410 e. The number of benzene rings is 1. The number of piperazine rings is 1. The third kappa shape index (κ3) is 6.08. The highest BCUT2D eigenvalue weighted by atomic mass is 35.5. The van der Waals surface area contributed by atoms with E-state index in [0.717, 1.165) is 32.3 Å². The van der Waals surface area contributed by atoms with Crippen LogP contribution in [0.2, 0.25) is 5.02 Å². The van der Waals surface area contributed by atoms with Crippen molar-refractivity contribution in [3.63, 3.8) is 0 Å². The third-order valence-corrected chi connectivity index (χ3v) is 7.16. The topological polar surface area (TPSA) is 99.3 Å². The number of ether oxygens (including phenoxy) is 1. The number of hydrogen-bond acceptors (Lipinski definition) is 8. The van der Waals surface area contributed by atoms with Crippen LogP contribution in [0, 0.1) is 6.92 Å². The SMILES string of the molecule is Cc1nc(Nc2ncc(/C=C\c3ccc(Cl)c4[nH]ccc34)s2)cc(N2CCN(C(=O)OC(C)(C)C)CC2)n1. The Hall–Kier alpha value is -3.63. The van der Waals surface area contributed by atoms with E-state index in [1.54, 1.807) is 4.90 Å². The molecule has 0 saturated carbocycles. The van der Waals surface area contributed by atoms with Crippen LogP contribution >= 0.6 is 22.9 Å². The first kappa shape index (κ1) is 26.0. The molecule has 3 aromatic heterocycles. The number of aryl methyl sites for hydroxylation is 1. The number of H-pyrrole nitrogens is 1. The van der Waals surface area contributed by atoms with Gasteiger partial charge in [0.15, 0.2) is 5.13 Å². The van der Waals surface area contributed by atoms with Gasteiger partial charge < -0.3 is 24.8 Å². The second kappa shape index (κ2) is 10.6. The highest BCUT2D eigenvalue weighted by molar-refractivity contribution is 7.16. The van der Waals surface area contributed by atoms with E-state index in [9.17, 15) is 4.79 Å². The number of amides is 1. The fourth-order valence-corrected chi connectivity index (χ4v) is 5.16. The normalized spacial score (nSPS) is 14.4. The van der Waals surface area contributed by atoms with E-state index in [1.165, 1.54) is 11.3 Å². The zero-order valence-corrected chi connectivity index (χ0v) is 23.4. The van der Waals surface area contributed by atoms with Crippen LogP contribution in [-0.4, -0.2) is 62.7 Å². The predicted octanol–water partition coefficient (Wildman–Crippen LogP) is 6.35. The molecule has 1 saturated heterocycles. The van der Waals surface area contributed by atoms with Crippen molar-refractivity contribution >= 4 is 68.9 Å². The van der Waals surface area contributed by atoms with Crippen molar-refractivity contribution in [2.24, 2.45) is 0 Å². The minimum absolute atomic E-state index is 0.277. The van der Waals surface area contributed by atoms with Crippen molar-refractivity contribution in [1.82, 2.24) is 24.8 Å². The Morgan fingerprint density at radius 2 is 1.95 bits per heavy atom. The molecule has 9 nitrogen and oxygen atoms in total. The van der Waals surface area contributed by atoms with Crippen LogP contribution < -0.4 is 10.2 Å². The summed E-state index contributed by atoms with van der Waals surface area (Å²) >= 11 is 7.81. The van der Waals surface area contributed by atoms with E-state index in [4.69, 9.17) is 16.3 Å². The van der Waals surface area contributed by atoms with Crippen LogP contribution in [0.5, 0.6) is 0 Å². The lowest BCUT2D eigenvalue weighted by atomic mass is 10.1. The molecule has 1 amide bonds. The molecule has 11 heteroatoms. The molecule has 0 spiro atoms. The largest absolute Gasteiger partial charge is 0.444 e. The van der Waals surface area contributed by atoms with Crippen molar-refractivity contribution in [3.8, 4) is 0 Å². The molecule has 0 unspecified atom stereocenters. The van der Waals surface area contributed by atoms with Crippen LogP contribution in [0.3, 0.4) is 0 Å². The van der Waals surface area contributed by atoms with E-state index < -0.39 is 5.60 Å². The lowest BCUT2D eigenvalue weighted by Crippen LogP contribution is -2.50. The lowest BCUT2D eigenvalue weighted by Gasteiger charge is -2.36. The number of hydrogen-bond donors (Lipinski definition) is 2. The fraction of sp³-hybridized carbons (Fsp3) is 0.333. The second-order valence-corrected chi connectivity index (χ2v) is 11.5. The van der Waals surface area contributed by atoms with Crippen LogP contribution in [-0.2, 0) is 4.74 Å². The summed E-state index contributed by atoms with van der Waals surface area (Å²) in [6, 6.07) is 7.84. The molecule has 1 fully saturated rings. The molecule has 1 aliphatic rings. The Balaban J connectivity index is 1.24. The molecule has 0 aliphatic carbocycles. The summed E-state index contributed by atoms with van der Waals surface area (Å²) in [4.78, 5) is 34.2. The number of rotatable bonds is 5. The molecule has 38 heavy (non-hydrogen) atoms. The van der Waals surface area contributed by atoms with Crippen LogP contribution in [0.15, 0.2) is 36.7 Å². The van der Waals surface area contributed by atoms with Crippen LogP contribution in [0.1, 0.15) is 37.0 Å². The number of carbonyl (C=O) groups excluding carboxylic acids is 1. The summed E-state index contributed by atoms with van der Waals surface area (Å²) in [6.07, 6.45) is 7.55. The maximum atomic E-state index is 12.4. The van der Waals surface area contributed by atoms with Gasteiger partial charge in [0.05, 0.1) is 10.5 Å². The highest BCUT2D eigenvalue weighted by Gasteiger charge is 2.26. The zero-order valence-electron chi connectivity index (χ0n) is 21.8. The fourth-order valence-electron chi connectivity index (χ4n) is 4.21. The average Bonchev–Trinajstić information content (AvgIpc) is 3.53. The van der Waals surface area contributed by atoms with Crippen LogP contribution in [0.25, 0.3) is 23.1 Å². The van der Waals surface area contributed by atoms with Gasteiger partial charge in [0.2, 0.25) is 0 Å². The first-order valence-electron chi connectivity index (χ1n) is 12.4. The number of carbonyl (C=O) groups is 1. The van der Waals surface area contributed by atoms with Crippen molar-refractivity contribution in [2.45, 2.75) is 33.3 Å². The second-order valence-electron chi connectivity index (χ2n) is 10.0. The first-order chi connectivity index (χ1) is 18.1. The molecule has 1 aliphatic heterocycles. The van der Waals surface area contributed by atoms with Gasteiger partial charge in [-0.2, -0.15) is 0 Å². The number of anilines is 3. The molecule has 4 heterocycles. The number of aromatic nitrogens is 4. The number of aromatic amines is 1. The number of fused-ring (bicyclic) bond motifs is 1. The summed E-state index contributed by atoms with van der Waals surface area (Å²) in [5.41, 5.74) is 1.51. The Morgan fingerprint density at radius 3 is 2.71 bits per heavy atom. The number of nitrogens with zero attached hydrogens (tertiary/aromatic N) is 5. The quantitative estimate of drug-likeness (QED) is 0.298. The van der Waals surface area contributed by atoms with Gasteiger partial charge in [0.1, 0.15) is 23.1 Å². The molecular formula is C27H30ClN7O2S. The summed E-state index contributed by atoms with van der Waals surface area (Å²) in [5, 5.41) is 5.84. The predicted molar refractivity (Wildman–Crippen MR) is 154 cm³/mol. The van der Waals surface area contributed by atoms with Gasteiger partial charge in [-0.1, -0.05) is 35.1 Å². The van der Waals surface area contributed by atoms with E-state index in [1.807, 2.05) is 70.4 Å². The molecular weight excluding hydrogens is 522 g/mol. The number of thiazole rings is 1. The maximum absolute atomic E-state index is 12.4. The lowest BCUT2D eigenvalue weighted by molar-refractivity contribution is 0.0240. The Bertz CT molecular complexity index is 1480. The van der Waals surface area contributed by atoms with Crippen molar-refractivity contribution in [1.29, 1.82) is 0 Å². The molecule has 0 atom stereocenters. The van der Waals surface area contributed by atoms with Crippen LogP contribution in [0.4, 0.5) is 21.6 Å². The Morgan fingerprint density at radius 1 is 1.16 bits per heavy atom. The van der Waals surface area contributed by atoms with Gasteiger partial charge in [0, 0.05) is 54.9 Å². The van der Waals surface area contributed by atoms with E-state index in [0.29, 0.717) is 42.8 Å². The summed E-state index contributed by atoms with van der Waals surface area (Å²) in [5.74, 6) is 2.16. The summed E-state index contributed by atoms with van der Waals surface area (Å²) < 4.78 is 5.50. The van der Waals surface area contributed by atoms with Crippen molar-refractivity contribution < 1.29 is 9.53 Å². The minimum atomic E-state index is -0.505. The van der Waals surface area contributed by atoms with Gasteiger partial charge in [-0.15, -0.1) is 0 Å². The third-order valence-electron chi connectivity index (χ3n) is 5.97. The van der Waals surface area contributed by atoms with Crippen molar-refractivity contribution in [3.05, 3.63) is 57.9 Å². The van der Waals surface area contributed by atoms with Gasteiger partial charge in [-0.05, 0) is 51.5 Å². The standard InChI is InChI=1S/C27H30ClN7O2S/c1-17-31-22(15-23(32-17)34-11-13-35(14-12-34)26(36)37-27(2,3)4)33-25-30-16-19(38-25)7-5-18-6-8-21(28)24-20(18)9-10-29-24/h5-10,15-16,29H,11-14H2,1-4H3,(H,30,31,32,33)/b7-5-. The van der Waals surface area contributed by atoms with E-state index >= 15 is 0 Å². The van der Waals surface area contributed by atoms with Gasteiger partial charge >= 0.3 is 6.09 Å². The number of halogens is 1. The van der Waals surface area contributed by atoms with E-state index in [2.05, 4.69) is 36.2 Å². The number of nitrogens with one attached hydrogen (secondary N) is 2. The maximum Gasteiger partial charge on any atom is 0.410 e. The molecule has 2 N–H and O–H groups in total. The van der Waals surface area contributed by atoms with Gasteiger partial charge in [-0.25, -0.2) is 19.7 Å². The molecule has 198 valence electrons. The highest BCUT2D eigenvalue weighted by Crippen LogP contribution is 2.29.